The van der Waals surface area contributed by atoms with Crippen LogP contribution in [0.5, 0.6) is 0 Å². The number of carbonyl (C=O) groups excluding carboxylic acids is 2. The van der Waals surface area contributed by atoms with Crippen LogP contribution in [0, 0.1) is 11.8 Å². The van der Waals surface area contributed by atoms with Crippen molar-refractivity contribution in [3.05, 3.63) is 23.3 Å². The molecule has 0 spiro atoms. The largest absolute Gasteiger partial charge is 0.466 e. The Morgan fingerprint density at radius 3 is 2.63 bits per heavy atom. The minimum Gasteiger partial charge on any atom is -0.466 e. The molecule has 0 N–H and O–H groups in total. The van der Waals surface area contributed by atoms with E-state index in [1.54, 1.807) is 6.08 Å². The smallest absolute Gasteiger partial charge is 0.333 e. The van der Waals surface area contributed by atoms with Crippen LogP contribution in [0.2, 0.25) is 0 Å². The monoisotopic (exact) mass is 264 g/mol. The van der Waals surface area contributed by atoms with Crippen LogP contribution in [0.3, 0.4) is 0 Å². The molecule has 0 bridgehead atoms. The fourth-order valence-corrected chi connectivity index (χ4v) is 2.55. The summed E-state index contributed by atoms with van der Waals surface area (Å²) in [5.41, 5.74) is 1.83. The second-order valence-corrected chi connectivity index (χ2v) is 5.62. The molecule has 2 atom stereocenters. The summed E-state index contributed by atoms with van der Waals surface area (Å²) in [7, 11) is 1.41. The maximum atomic E-state index is 11.8. The lowest BCUT2D eigenvalue weighted by Gasteiger charge is -2.26. The second kappa shape index (κ2) is 7.27. The first-order valence-electron chi connectivity index (χ1n) is 6.89. The SMILES string of the molecule is COC(=O)C1=CC[C@@H]([C@@H](C)CC(=O)C=C(C)C)CC1. The average molecular weight is 264 g/mol. The molecule has 0 fully saturated rings. The third-order valence-electron chi connectivity index (χ3n) is 3.68. The van der Waals surface area contributed by atoms with E-state index in [1.807, 2.05) is 19.9 Å². The maximum absolute atomic E-state index is 11.8. The molecule has 0 unspecified atom stereocenters. The molecule has 19 heavy (non-hydrogen) atoms. The van der Waals surface area contributed by atoms with Crippen molar-refractivity contribution < 1.29 is 14.3 Å². The fraction of sp³-hybridized carbons (Fsp3) is 0.625. The van der Waals surface area contributed by atoms with Crippen LogP contribution in [-0.4, -0.2) is 18.9 Å². The molecule has 3 heteroatoms. The first-order valence-corrected chi connectivity index (χ1v) is 6.89. The topological polar surface area (TPSA) is 43.4 Å². The molecule has 1 rings (SSSR count). The van der Waals surface area contributed by atoms with Gasteiger partial charge >= 0.3 is 5.97 Å². The Bertz CT molecular complexity index is 400. The predicted molar refractivity (Wildman–Crippen MR) is 75.7 cm³/mol. The first kappa shape index (κ1) is 15.7. The molecule has 3 nitrogen and oxygen atoms in total. The highest BCUT2D eigenvalue weighted by molar-refractivity contribution is 5.90. The minimum absolute atomic E-state index is 0.204. The van der Waals surface area contributed by atoms with Crippen molar-refractivity contribution in [2.75, 3.05) is 7.11 Å². The fourth-order valence-electron chi connectivity index (χ4n) is 2.55. The Hall–Kier alpha value is -1.38. The van der Waals surface area contributed by atoms with Crippen LogP contribution in [0.1, 0.15) is 46.5 Å². The molecule has 0 aromatic heterocycles. The molecule has 1 aliphatic carbocycles. The molecule has 1 aliphatic rings. The van der Waals surface area contributed by atoms with Crippen LogP contribution in [0.4, 0.5) is 0 Å². The average Bonchev–Trinajstić information content (AvgIpc) is 2.36. The summed E-state index contributed by atoms with van der Waals surface area (Å²) < 4.78 is 4.72. The molecular weight excluding hydrogens is 240 g/mol. The van der Waals surface area contributed by atoms with Crippen LogP contribution < -0.4 is 0 Å². The lowest BCUT2D eigenvalue weighted by molar-refractivity contribution is -0.136. The van der Waals surface area contributed by atoms with Crippen LogP contribution in [0.25, 0.3) is 0 Å². The van der Waals surface area contributed by atoms with Crippen LogP contribution in [0.15, 0.2) is 23.3 Å². The number of hydrogen-bond donors (Lipinski definition) is 0. The molecule has 0 amide bonds. The van der Waals surface area contributed by atoms with E-state index in [2.05, 4.69) is 6.92 Å². The Morgan fingerprint density at radius 1 is 1.47 bits per heavy atom. The van der Waals surface area contributed by atoms with Crippen LogP contribution in [-0.2, 0) is 14.3 Å². The van der Waals surface area contributed by atoms with Crippen LogP contribution >= 0.6 is 0 Å². The molecule has 0 radical (unpaired) electrons. The van der Waals surface area contributed by atoms with Gasteiger partial charge in [-0.05, 0) is 51.0 Å². The summed E-state index contributed by atoms with van der Waals surface area (Å²) in [5, 5.41) is 0. The van der Waals surface area contributed by atoms with Gasteiger partial charge in [-0.15, -0.1) is 0 Å². The van der Waals surface area contributed by atoms with Gasteiger partial charge in [0.2, 0.25) is 0 Å². The summed E-state index contributed by atoms with van der Waals surface area (Å²) >= 11 is 0. The zero-order valence-electron chi connectivity index (χ0n) is 12.4. The number of methoxy groups -OCH3 is 1. The lowest BCUT2D eigenvalue weighted by atomic mass is 9.79. The summed E-state index contributed by atoms with van der Waals surface area (Å²) in [5.74, 6) is 0.837. The number of rotatable bonds is 5. The van der Waals surface area contributed by atoms with Crippen molar-refractivity contribution >= 4 is 11.8 Å². The van der Waals surface area contributed by atoms with Gasteiger partial charge in [0, 0.05) is 12.0 Å². The van der Waals surface area contributed by atoms with Crippen molar-refractivity contribution in [1.29, 1.82) is 0 Å². The number of ether oxygens (including phenoxy) is 1. The summed E-state index contributed by atoms with van der Waals surface area (Å²) in [6, 6.07) is 0. The van der Waals surface area contributed by atoms with Crippen molar-refractivity contribution in [2.24, 2.45) is 11.8 Å². The van der Waals surface area contributed by atoms with Crippen molar-refractivity contribution in [2.45, 2.75) is 46.5 Å². The molecule has 0 saturated heterocycles. The number of ketones is 1. The normalized spacial score (nSPS) is 20.2. The van der Waals surface area contributed by atoms with E-state index in [1.165, 1.54) is 7.11 Å². The van der Waals surface area contributed by atoms with Gasteiger partial charge in [0.15, 0.2) is 5.78 Å². The number of carbonyl (C=O) groups is 2. The predicted octanol–water partition coefficient (Wildman–Crippen LogP) is 3.45. The molecule has 0 aliphatic heterocycles. The third-order valence-corrected chi connectivity index (χ3v) is 3.68. The zero-order chi connectivity index (χ0) is 14.4. The quantitative estimate of drug-likeness (QED) is 0.564. The minimum atomic E-state index is -0.216. The van der Waals surface area contributed by atoms with Gasteiger partial charge in [-0.1, -0.05) is 18.6 Å². The highest BCUT2D eigenvalue weighted by atomic mass is 16.5. The van der Waals surface area contributed by atoms with Gasteiger partial charge in [0.05, 0.1) is 7.11 Å². The summed E-state index contributed by atoms with van der Waals surface area (Å²) in [6.07, 6.45) is 6.88. The van der Waals surface area contributed by atoms with E-state index in [0.29, 0.717) is 18.3 Å². The summed E-state index contributed by atoms with van der Waals surface area (Å²) in [6.45, 7) is 6.00. The van der Waals surface area contributed by atoms with Gasteiger partial charge in [-0.3, -0.25) is 4.79 Å². The van der Waals surface area contributed by atoms with E-state index in [-0.39, 0.29) is 11.8 Å². The molecular formula is C16H24O3. The van der Waals surface area contributed by atoms with Crippen molar-refractivity contribution in [3.8, 4) is 0 Å². The first-order chi connectivity index (χ1) is 8.93. The number of esters is 1. The highest BCUT2D eigenvalue weighted by Crippen LogP contribution is 2.31. The second-order valence-electron chi connectivity index (χ2n) is 5.62. The Balaban J connectivity index is 2.51. The Labute approximate surface area is 115 Å². The van der Waals surface area contributed by atoms with Gasteiger partial charge < -0.3 is 4.74 Å². The highest BCUT2D eigenvalue weighted by Gasteiger charge is 2.24. The Kier molecular flexibility index (Phi) is 6.00. The molecule has 0 aromatic carbocycles. The molecule has 0 saturated carbocycles. The number of hydrogen-bond acceptors (Lipinski definition) is 3. The van der Waals surface area contributed by atoms with E-state index in [4.69, 9.17) is 4.74 Å². The summed E-state index contributed by atoms with van der Waals surface area (Å²) in [4.78, 5) is 23.1. The number of allylic oxidation sites excluding steroid dienone is 3. The van der Waals surface area contributed by atoms with Crippen molar-refractivity contribution in [3.63, 3.8) is 0 Å². The maximum Gasteiger partial charge on any atom is 0.333 e. The molecule has 0 aromatic rings. The van der Waals surface area contributed by atoms with Gasteiger partial charge in [0.25, 0.3) is 0 Å². The molecule has 106 valence electrons. The third kappa shape index (κ3) is 5.01. The van der Waals surface area contributed by atoms with E-state index >= 15 is 0 Å². The zero-order valence-corrected chi connectivity index (χ0v) is 12.4. The van der Waals surface area contributed by atoms with E-state index < -0.39 is 0 Å². The molecule has 0 heterocycles. The van der Waals surface area contributed by atoms with Gasteiger partial charge in [0.1, 0.15) is 0 Å². The Morgan fingerprint density at radius 2 is 2.16 bits per heavy atom. The van der Waals surface area contributed by atoms with Gasteiger partial charge in [-0.2, -0.15) is 0 Å². The van der Waals surface area contributed by atoms with E-state index in [9.17, 15) is 9.59 Å². The standard InChI is InChI=1S/C16H24O3/c1-11(2)9-15(17)10-12(3)13-5-7-14(8-6-13)16(18)19-4/h7,9,12-13H,5-6,8,10H2,1-4H3/t12-,13+/m0/s1. The van der Waals surface area contributed by atoms with Crippen molar-refractivity contribution in [1.82, 2.24) is 0 Å². The van der Waals surface area contributed by atoms with Gasteiger partial charge in [-0.25, -0.2) is 4.79 Å². The lowest BCUT2D eigenvalue weighted by Crippen LogP contribution is -2.19. The van der Waals surface area contributed by atoms with E-state index in [0.717, 1.165) is 30.4 Å².